The number of aryl methyl sites for hydroxylation is 1. The van der Waals surface area contributed by atoms with Gasteiger partial charge in [-0.25, -0.2) is 14.4 Å². The van der Waals surface area contributed by atoms with E-state index in [9.17, 15) is 14.4 Å². The Morgan fingerprint density at radius 3 is 2.29 bits per heavy atom. The first kappa shape index (κ1) is 13.6. The van der Waals surface area contributed by atoms with Crippen molar-refractivity contribution in [2.24, 2.45) is 0 Å². The molecule has 2 saturated heterocycles. The van der Waals surface area contributed by atoms with Gasteiger partial charge in [0.25, 0.3) is 0 Å². The summed E-state index contributed by atoms with van der Waals surface area (Å²) in [6.07, 6.45) is 0. The lowest BCUT2D eigenvalue weighted by Crippen LogP contribution is -2.39. The minimum atomic E-state index is -2.45. The molecule has 110 valence electrons. The van der Waals surface area contributed by atoms with Crippen LogP contribution in [0.15, 0.2) is 24.3 Å². The van der Waals surface area contributed by atoms with Crippen molar-refractivity contribution in [2.75, 3.05) is 0 Å². The van der Waals surface area contributed by atoms with Crippen LogP contribution in [-0.2, 0) is 33.9 Å². The van der Waals surface area contributed by atoms with Gasteiger partial charge in [0.15, 0.2) is 0 Å². The highest BCUT2D eigenvalue weighted by Gasteiger charge is 2.91. The number of esters is 2. The number of epoxide rings is 1. The monoisotopic (exact) mass is 296 g/mol. The van der Waals surface area contributed by atoms with Crippen LogP contribution < -0.4 is 0 Å². The van der Waals surface area contributed by atoms with Crippen LogP contribution in [0.2, 0.25) is 0 Å². The third-order valence-electron chi connectivity index (χ3n) is 3.00. The molecule has 1 aromatic carbocycles. The van der Waals surface area contributed by atoms with Crippen LogP contribution in [0, 0.1) is 6.92 Å². The van der Waals surface area contributed by atoms with Gasteiger partial charge in [0.2, 0.25) is 0 Å². The third kappa shape index (κ3) is 1.83. The predicted molar refractivity (Wildman–Crippen MR) is 59.0 cm³/mol. The summed E-state index contributed by atoms with van der Waals surface area (Å²) in [5, 5.41) is 12.9. The van der Waals surface area contributed by atoms with Gasteiger partial charge in [0, 0.05) is 0 Å². The average molecular weight is 296 g/mol. The van der Waals surface area contributed by atoms with E-state index in [1.165, 1.54) is 12.1 Å². The molecule has 0 aromatic heterocycles. The molecule has 0 bridgehead atoms. The summed E-state index contributed by atoms with van der Waals surface area (Å²) in [4.78, 5) is 43.2. The Morgan fingerprint density at radius 2 is 1.71 bits per heavy atom. The summed E-state index contributed by atoms with van der Waals surface area (Å²) in [5.41, 5.74) is 1.01. The normalized spacial score (nSPS) is 29.6. The van der Waals surface area contributed by atoms with Crippen molar-refractivity contribution < 1.29 is 43.8 Å². The van der Waals surface area contributed by atoms with Crippen LogP contribution in [0.4, 0.5) is 0 Å². The van der Waals surface area contributed by atoms with Crippen LogP contribution in [0.1, 0.15) is 15.9 Å². The molecular weight excluding hydrogens is 288 g/mol. The lowest BCUT2D eigenvalue weighted by atomic mass is 10.1. The molecule has 9 heteroatoms. The maximum atomic E-state index is 11.9. The summed E-state index contributed by atoms with van der Waals surface area (Å²) in [7, 11) is 0. The zero-order valence-corrected chi connectivity index (χ0v) is 10.5. The van der Waals surface area contributed by atoms with Crippen molar-refractivity contribution in [3.63, 3.8) is 0 Å². The van der Waals surface area contributed by atoms with Crippen molar-refractivity contribution in [1.82, 2.24) is 0 Å². The Bertz CT molecular complexity index is 637. The van der Waals surface area contributed by atoms with E-state index in [0.29, 0.717) is 0 Å². The average Bonchev–Trinajstić information content (AvgIpc) is 2.98. The molecule has 0 radical (unpaired) electrons. The van der Waals surface area contributed by atoms with Gasteiger partial charge in [-0.3, -0.25) is 4.74 Å². The summed E-state index contributed by atoms with van der Waals surface area (Å²) in [6, 6.07) is 6.19. The Labute approximate surface area is 116 Å². The topological polar surface area (TPSA) is 121 Å². The maximum absolute atomic E-state index is 11.9. The lowest BCUT2D eigenvalue weighted by molar-refractivity contribution is -0.522. The number of hydrogen-bond acceptors (Lipinski definition) is 8. The van der Waals surface area contributed by atoms with E-state index in [-0.39, 0.29) is 5.56 Å². The first-order valence-corrected chi connectivity index (χ1v) is 5.72. The van der Waals surface area contributed by atoms with Crippen molar-refractivity contribution in [3.8, 4) is 0 Å². The molecule has 2 atom stereocenters. The SMILES string of the molecule is Cc1ccc(C(=O)OC(=O)C23OOOC2(C(=O)O)O3)cc1. The number of carboxylic acid groups (broad SMARTS) is 1. The highest BCUT2D eigenvalue weighted by Crippen LogP contribution is 2.55. The van der Waals surface area contributed by atoms with Gasteiger partial charge in [-0.05, 0) is 19.1 Å². The molecule has 2 heterocycles. The third-order valence-corrected chi connectivity index (χ3v) is 3.00. The molecule has 2 aliphatic rings. The van der Waals surface area contributed by atoms with Crippen LogP contribution in [0.3, 0.4) is 0 Å². The molecule has 0 amide bonds. The standard InChI is InChI=1S/C12H8O9/c1-6-2-4-7(5-3-6)8(13)17-10(16)12-11(18-12,9(14)15)19-21-20-12/h2-5H,1H3,(H,14,15). The molecule has 3 rings (SSSR count). The highest BCUT2D eigenvalue weighted by atomic mass is 17.6. The van der Waals surface area contributed by atoms with E-state index in [0.717, 1.165) is 5.56 Å². The molecule has 21 heavy (non-hydrogen) atoms. The lowest BCUT2D eigenvalue weighted by Gasteiger charge is -2.05. The van der Waals surface area contributed by atoms with Crippen LogP contribution in [-0.4, -0.2) is 34.6 Å². The van der Waals surface area contributed by atoms with E-state index in [4.69, 9.17) is 5.11 Å². The molecule has 2 aliphatic heterocycles. The number of carbonyl (C=O) groups is 3. The highest BCUT2D eigenvalue weighted by molar-refractivity contribution is 6.03. The second-order valence-electron chi connectivity index (χ2n) is 4.42. The number of hydrogen-bond donors (Lipinski definition) is 1. The van der Waals surface area contributed by atoms with Crippen LogP contribution in [0.25, 0.3) is 0 Å². The fraction of sp³-hybridized carbons (Fsp3) is 0.250. The number of benzene rings is 1. The van der Waals surface area contributed by atoms with Gasteiger partial charge < -0.3 is 9.84 Å². The van der Waals surface area contributed by atoms with Gasteiger partial charge in [0.05, 0.1) is 5.56 Å². The zero-order valence-electron chi connectivity index (χ0n) is 10.5. The molecule has 2 unspecified atom stereocenters. The van der Waals surface area contributed by atoms with Gasteiger partial charge in [0.1, 0.15) is 0 Å². The van der Waals surface area contributed by atoms with E-state index >= 15 is 0 Å². The van der Waals surface area contributed by atoms with Crippen molar-refractivity contribution in [2.45, 2.75) is 18.5 Å². The van der Waals surface area contributed by atoms with Crippen LogP contribution in [0.5, 0.6) is 0 Å². The molecule has 0 saturated carbocycles. The predicted octanol–water partition coefficient (Wildman–Crippen LogP) is 0.0792. The number of aliphatic carboxylic acids is 1. The number of carboxylic acids is 1. The van der Waals surface area contributed by atoms with Gasteiger partial charge in [-0.2, -0.15) is 9.78 Å². The quantitative estimate of drug-likeness (QED) is 0.357. The summed E-state index contributed by atoms with van der Waals surface area (Å²) in [5.74, 6) is -8.90. The largest absolute Gasteiger partial charge is 0.477 e. The maximum Gasteiger partial charge on any atom is 0.384 e. The number of rotatable bonds is 3. The fourth-order valence-corrected chi connectivity index (χ4v) is 1.76. The van der Waals surface area contributed by atoms with Gasteiger partial charge in [-0.15, -0.1) is 0 Å². The minimum Gasteiger partial charge on any atom is -0.477 e. The Kier molecular flexibility index (Phi) is 2.81. The first-order chi connectivity index (χ1) is 9.91. The number of carbonyl (C=O) groups excluding carboxylic acids is 2. The summed E-state index contributed by atoms with van der Waals surface area (Å²) >= 11 is 0. The Balaban J connectivity index is 1.74. The second kappa shape index (κ2) is 4.33. The van der Waals surface area contributed by atoms with E-state index in [2.05, 4.69) is 24.3 Å². The molecule has 2 fully saturated rings. The minimum absolute atomic E-state index is 0.103. The van der Waals surface area contributed by atoms with Crippen LogP contribution >= 0.6 is 0 Å². The second-order valence-corrected chi connectivity index (χ2v) is 4.42. The summed E-state index contributed by atoms with van der Waals surface area (Å²) in [6.45, 7) is 1.82. The van der Waals surface area contributed by atoms with Gasteiger partial charge >= 0.3 is 29.5 Å². The Hall–Kier alpha value is -2.33. The van der Waals surface area contributed by atoms with Gasteiger partial charge in [-0.1, -0.05) is 22.7 Å². The van der Waals surface area contributed by atoms with Crippen molar-refractivity contribution in [3.05, 3.63) is 35.4 Å². The summed E-state index contributed by atoms with van der Waals surface area (Å²) < 4.78 is 9.14. The van der Waals surface area contributed by atoms with E-state index in [1.807, 2.05) is 6.92 Å². The first-order valence-electron chi connectivity index (χ1n) is 5.72. The molecule has 0 spiro atoms. The molecule has 0 aliphatic carbocycles. The fourth-order valence-electron chi connectivity index (χ4n) is 1.76. The molecule has 9 nitrogen and oxygen atoms in total. The molecule has 1 aromatic rings. The van der Waals surface area contributed by atoms with Crippen molar-refractivity contribution >= 4 is 17.9 Å². The molecule has 1 N–H and O–H groups in total. The smallest absolute Gasteiger partial charge is 0.384 e. The Morgan fingerprint density at radius 1 is 1.10 bits per heavy atom. The zero-order chi connectivity index (χ0) is 15.3. The number of fused-ring (bicyclic) bond motifs is 1. The number of ether oxygens (including phenoxy) is 2. The van der Waals surface area contributed by atoms with E-state index < -0.39 is 29.5 Å². The van der Waals surface area contributed by atoms with E-state index in [1.54, 1.807) is 12.1 Å². The molecular formula is C12H8O9. The van der Waals surface area contributed by atoms with Crippen molar-refractivity contribution in [1.29, 1.82) is 0 Å².